The molecule has 1 N–H and O–H groups in total. The number of ether oxygens (including phenoxy) is 1. The maximum absolute atomic E-state index is 12.8. The Morgan fingerprint density at radius 1 is 1.14 bits per heavy atom. The molecule has 3 heterocycles. The number of nitrogens with one attached hydrogen (secondary N) is 1. The van der Waals surface area contributed by atoms with Gasteiger partial charge in [0.1, 0.15) is 5.65 Å². The number of rotatable bonds is 6. The molecule has 0 unspecified atom stereocenters. The van der Waals surface area contributed by atoms with E-state index < -0.39 is 10.2 Å². The Bertz CT molecular complexity index is 882. The Morgan fingerprint density at radius 3 is 2.61 bits per heavy atom. The first kappa shape index (κ1) is 19.8. The molecule has 1 saturated heterocycles. The van der Waals surface area contributed by atoms with E-state index in [1.54, 1.807) is 11.4 Å². The van der Waals surface area contributed by atoms with Crippen LogP contribution in [0.3, 0.4) is 0 Å². The van der Waals surface area contributed by atoms with Crippen LogP contribution in [0.25, 0.3) is 11.0 Å². The van der Waals surface area contributed by atoms with Crippen molar-refractivity contribution < 1.29 is 13.2 Å². The molecular formula is C20H30N4O3S. The van der Waals surface area contributed by atoms with E-state index in [4.69, 9.17) is 4.74 Å². The summed E-state index contributed by atoms with van der Waals surface area (Å²) in [5.74, 6) is 0.469. The summed E-state index contributed by atoms with van der Waals surface area (Å²) in [7, 11) is -1.70. The second-order valence-electron chi connectivity index (χ2n) is 8.07. The van der Waals surface area contributed by atoms with Crippen molar-refractivity contribution in [3.05, 3.63) is 30.6 Å². The van der Waals surface area contributed by atoms with Crippen LogP contribution in [0.2, 0.25) is 0 Å². The van der Waals surface area contributed by atoms with Gasteiger partial charge < -0.3 is 9.30 Å². The second-order valence-corrected chi connectivity index (χ2v) is 9.77. The third-order valence-corrected chi connectivity index (χ3v) is 7.87. The van der Waals surface area contributed by atoms with E-state index in [0.29, 0.717) is 31.7 Å². The van der Waals surface area contributed by atoms with E-state index in [1.165, 1.54) is 0 Å². The van der Waals surface area contributed by atoms with Gasteiger partial charge in [-0.05, 0) is 62.6 Å². The summed E-state index contributed by atoms with van der Waals surface area (Å²) in [6, 6.07) is 6.54. The van der Waals surface area contributed by atoms with E-state index in [-0.39, 0.29) is 6.04 Å². The van der Waals surface area contributed by atoms with Gasteiger partial charge in [0.2, 0.25) is 0 Å². The van der Waals surface area contributed by atoms with Gasteiger partial charge in [0, 0.05) is 56.7 Å². The molecule has 8 heteroatoms. The van der Waals surface area contributed by atoms with Gasteiger partial charge in [-0.3, -0.25) is 0 Å². The van der Waals surface area contributed by atoms with Gasteiger partial charge in [0.25, 0.3) is 10.2 Å². The fourth-order valence-corrected chi connectivity index (χ4v) is 6.09. The zero-order valence-electron chi connectivity index (χ0n) is 16.5. The van der Waals surface area contributed by atoms with E-state index in [0.717, 1.165) is 49.6 Å². The van der Waals surface area contributed by atoms with Gasteiger partial charge in [-0.25, -0.2) is 4.98 Å². The minimum atomic E-state index is -3.40. The van der Waals surface area contributed by atoms with Crippen LogP contribution in [-0.4, -0.2) is 55.1 Å². The number of nitrogens with zero attached hydrogens (tertiary/aromatic N) is 3. The first-order valence-electron chi connectivity index (χ1n) is 10.2. The van der Waals surface area contributed by atoms with Gasteiger partial charge in [0.05, 0.1) is 0 Å². The molecule has 4 rings (SSSR count). The Hall–Kier alpha value is -1.48. The van der Waals surface area contributed by atoms with Crippen LogP contribution in [0.15, 0.2) is 30.6 Å². The molecule has 1 aliphatic carbocycles. The molecule has 7 nitrogen and oxygen atoms in total. The van der Waals surface area contributed by atoms with Crippen LogP contribution in [0.4, 0.5) is 0 Å². The molecule has 28 heavy (non-hydrogen) atoms. The van der Waals surface area contributed by atoms with E-state index in [2.05, 4.69) is 32.6 Å². The van der Waals surface area contributed by atoms with Gasteiger partial charge in [0.15, 0.2) is 0 Å². The van der Waals surface area contributed by atoms with Crippen molar-refractivity contribution in [2.24, 2.45) is 5.92 Å². The topological polar surface area (TPSA) is 76.5 Å². The normalized spacial score (nSPS) is 25.3. The summed E-state index contributed by atoms with van der Waals surface area (Å²) in [4.78, 5) is 4.51. The van der Waals surface area contributed by atoms with Crippen molar-refractivity contribution in [2.45, 2.75) is 50.6 Å². The Balaban J connectivity index is 1.32. The molecule has 1 aliphatic heterocycles. The number of piperidine rings is 1. The van der Waals surface area contributed by atoms with Crippen LogP contribution in [-0.2, 0) is 14.9 Å². The predicted molar refractivity (Wildman–Crippen MR) is 109 cm³/mol. The molecule has 2 aromatic rings. The highest BCUT2D eigenvalue weighted by Crippen LogP contribution is 2.32. The van der Waals surface area contributed by atoms with Gasteiger partial charge in [-0.15, -0.1) is 0 Å². The number of fused-ring (bicyclic) bond motifs is 1. The smallest absolute Gasteiger partial charge is 0.279 e. The maximum Gasteiger partial charge on any atom is 0.279 e. The van der Waals surface area contributed by atoms with Crippen molar-refractivity contribution in [3.8, 4) is 0 Å². The van der Waals surface area contributed by atoms with Crippen LogP contribution in [0.1, 0.15) is 44.6 Å². The molecule has 0 atom stereocenters. The van der Waals surface area contributed by atoms with E-state index in [9.17, 15) is 8.42 Å². The minimum Gasteiger partial charge on any atom is -0.384 e. The predicted octanol–water partition coefficient (Wildman–Crippen LogP) is 2.71. The maximum atomic E-state index is 12.8. The summed E-state index contributed by atoms with van der Waals surface area (Å²) >= 11 is 0. The monoisotopic (exact) mass is 406 g/mol. The molecular weight excluding hydrogens is 376 g/mol. The third kappa shape index (κ3) is 4.25. The zero-order chi connectivity index (χ0) is 19.6. The van der Waals surface area contributed by atoms with Crippen LogP contribution < -0.4 is 4.72 Å². The highest BCUT2D eigenvalue weighted by Gasteiger charge is 2.31. The summed E-state index contributed by atoms with van der Waals surface area (Å²) < 4.78 is 37.6. The summed E-state index contributed by atoms with van der Waals surface area (Å²) in [5.41, 5.74) is 1.02. The average molecular weight is 407 g/mol. The standard InChI is InChI=1S/C20H30N4O3S/c1-27-15-16-8-12-23(13-9-16)28(25,26)22-18-4-6-19(7-5-18)24-14-10-17-3-2-11-21-20(17)24/h2-3,10-11,14,16,18-19,22H,4-9,12-13,15H2,1H3. The molecule has 2 fully saturated rings. The van der Waals surface area contributed by atoms with Gasteiger partial charge in [-0.2, -0.15) is 17.4 Å². The molecule has 0 radical (unpaired) electrons. The largest absolute Gasteiger partial charge is 0.384 e. The van der Waals surface area contributed by atoms with E-state index in [1.807, 2.05) is 12.3 Å². The molecule has 2 aliphatic rings. The van der Waals surface area contributed by atoms with Crippen molar-refractivity contribution in [1.29, 1.82) is 0 Å². The van der Waals surface area contributed by atoms with Crippen molar-refractivity contribution in [2.75, 3.05) is 26.8 Å². The van der Waals surface area contributed by atoms with E-state index >= 15 is 0 Å². The van der Waals surface area contributed by atoms with Crippen molar-refractivity contribution >= 4 is 21.2 Å². The highest BCUT2D eigenvalue weighted by molar-refractivity contribution is 7.87. The molecule has 154 valence electrons. The fourth-order valence-electron chi connectivity index (χ4n) is 4.59. The Labute approximate surface area is 167 Å². The lowest BCUT2D eigenvalue weighted by Gasteiger charge is -2.34. The average Bonchev–Trinajstić information content (AvgIpc) is 3.13. The Kier molecular flexibility index (Phi) is 6.01. The number of hydrogen-bond acceptors (Lipinski definition) is 4. The summed E-state index contributed by atoms with van der Waals surface area (Å²) in [5, 5.41) is 1.15. The molecule has 0 aromatic carbocycles. The second kappa shape index (κ2) is 8.49. The van der Waals surface area contributed by atoms with Gasteiger partial charge in [-0.1, -0.05) is 0 Å². The van der Waals surface area contributed by atoms with Crippen LogP contribution >= 0.6 is 0 Å². The molecule has 0 spiro atoms. The third-order valence-electron chi connectivity index (χ3n) is 6.20. The molecule has 1 saturated carbocycles. The van der Waals surface area contributed by atoms with Gasteiger partial charge >= 0.3 is 0 Å². The lowest BCUT2D eigenvalue weighted by atomic mass is 9.91. The van der Waals surface area contributed by atoms with Crippen molar-refractivity contribution in [1.82, 2.24) is 18.6 Å². The van der Waals surface area contributed by atoms with Crippen molar-refractivity contribution in [3.63, 3.8) is 0 Å². The first-order chi connectivity index (χ1) is 13.6. The lowest BCUT2D eigenvalue weighted by molar-refractivity contribution is 0.121. The molecule has 0 amide bonds. The highest BCUT2D eigenvalue weighted by atomic mass is 32.2. The molecule has 0 bridgehead atoms. The fraction of sp³-hybridized carbons (Fsp3) is 0.650. The minimum absolute atomic E-state index is 0.0211. The number of aromatic nitrogens is 2. The quantitative estimate of drug-likeness (QED) is 0.800. The van der Waals surface area contributed by atoms with Crippen LogP contribution in [0, 0.1) is 5.92 Å². The lowest BCUT2D eigenvalue weighted by Crippen LogP contribution is -2.49. The Morgan fingerprint density at radius 2 is 1.89 bits per heavy atom. The summed E-state index contributed by atoms with van der Waals surface area (Å²) in [6.45, 7) is 1.88. The zero-order valence-corrected chi connectivity index (χ0v) is 17.3. The first-order valence-corrected chi connectivity index (χ1v) is 11.7. The number of pyridine rings is 1. The number of hydrogen-bond donors (Lipinski definition) is 1. The number of methoxy groups -OCH3 is 1. The SMILES string of the molecule is COCC1CCN(S(=O)(=O)NC2CCC(n3ccc4cccnc43)CC2)CC1. The molecule has 2 aromatic heterocycles. The summed E-state index contributed by atoms with van der Waals surface area (Å²) in [6.07, 6.45) is 9.32. The van der Waals surface area contributed by atoms with Crippen LogP contribution in [0.5, 0.6) is 0 Å².